The van der Waals surface area contributed by atoms with E-state index in [1.807, 2.05) is 0 Å². The van der Waals surface area contributed by atoms with Gasteiger partial charge in [-0.1, -0.05) is 142 Å². The van der Waals surface area contributed by atoms with Crippen molar-refractivity contribution in [1.82, 2.24) is 0 Å². The maximum Gasteiger partial charge on any atom is 0.303 e. The molecule has 0 aliphatic rings. The maximum absolute atomic E-state index is 11.1. The largest absolute Gasteiger partial charge is 0.481 e. The summed E-state index contributed by atoms with van der Waals surface area (Å²) in [6.07, 6.45) is 25.2. The van der Waals surface area contributed by atoms with Crippen LogP contribution in [-0.4, -0.2) is 91.3 Å². The molecule has 0 aromatic heterocycles. The fraction of sp³-hybridized carbons (Fsp3) is 0.952. The van der Waals surface area contributed by atoms with Crippen LogP contribution < -0.4 is 0 Å². The Morgan fingerprint density at radius 3 is 1.21 bits per heavy atom. The minimum absolute atomic E-state index is 0.218. The van der Waals surface area contributed by atoms with Crippen molar-refractivity contribution < 1.29 is 43.9 Å². The average molecular weight is 760 g/mol. The van der Waals surface area contributed by atoms with E-state index in [0.717, 1.165) is 103 Å². The molecule has 11 nitrogen and oxygen atoms in total. The number of nitrogens with zero attached hydrogens (tertiary/aromatic N) is 1. The number of rotatable bonds is 43. The van der Waals surface area contributed by atoms with Crippen LogP contribution in [0.2, 0.25) is 0 Å². The van der Waals surface area contributed by atoms with Crippen molar-refractivity contribution in [3.8, 4) is 0 Å². The normalized spacial score (nSPS) is 13.9. The van der Waals surface area contributed by atoms with Crippen LogP contribution >= 0.6 is 0 Å². The summed E-state index contributed by atoms with van der Waals surface area (Å²) in [5.74, 6) is -1.32. The van der Waals surface area contributed by atoms with Gasteiger partial charge in [0.15, 0.2) is 0 Å². The third-order valence-corrected chi connectivity index (χ3v) is 9.92. The van der Waals surface area contributed by atoms with Crippen molar-refractivity contribution in [1.29, 1.82) is 0 Å². The van der Waals surface area contributed by atoms with Crippen molar-refractivity contribution >= 4 is 11.9 Å². The van der Waals surface area contributed by atoms with Gasteiger partial charge in [-0.05, 0) is 38.5 Å². The molecule has 314 valence electrons. The minimum Gasteiger partial charge on any atom is -0.481 e. The number of aliphatic hydroxyl groups excluding tert-OH is 2. The summed E-state index contributed by atoms with van der Waals surface area (Å²) in [6, 6.07) is 0. The van der Waals surface area contributed by atoms with E-state index < -0.39 is 24.1 Å². The van der Waals surface area contributed by atoms with Gasteiger partial charge in [0.1, 0.15) is 0 Å². The lowest BCUT2D eigenvalue weighted by Crippen LogP contribution is -2.31. The van der Waals surface area contributed by atoms with E-state index in [2.05, 4.69) is 19.0 Å². The highest BCUT2D eigenvalue weighted by atomic mass is 16.6. The van der Waals surface area contributed by atoms with Gasteiger partial charge in [0.2, 0.25) is 0 Å². The number of aliphatic hydroxyl groups is 2. The Balaban J connectivity index is 4.41. The summed E-state index contributed by atoms with van der Waals surface area (Å²) in [7, 11) is 0. The number of carbonyl (C=O) groups is 2. The van der Waals surface area contributed by atoms with Crippen LogP contribution in [0.15, 0.2) is 5.18 Å². The average Bonchev–Trinajstić information content (AvgIpc) is 3.15. The molecular formula is C42H81NO10. The van der Waals surface area contributed by atoms with E-state index in [4.69, 9.17) is 24.1 Å². The smallest absolute Gasteiger partial charge is 0.303 e. The number of hydrogen-bond acceptors (Lipinski definition) is 9. The van der Waals surface area contributed by atoms with Gasteiger partial charge in [0, 0.05) is 18.0 Å². The summed E-state index contributed by atoms with van der Waals surface area (Å²) in [5.41, 5.74) is 0. The second-order valence-corrected chi connectivity index (χ2v) is 14.8. The first-order valence-corrected chi connectivity index (χ1v) is 21.7. The van der Waals surface area contributed by atoms with Crippen molar-refractivity contribution in [2.45, 2.75) is 218 Å². The fourth-order valence-electron chi connectivity index (χ4n) is 6.60. The lowest BCUT2D eigenvalue weighted by atomic mass is 9.99. The van der Waals surface area contributed by atoms with Gasteiger partial charge >= 0.3 is 5.97 Å². The Morgan fingerprint density at radius 2 is 0.811 bits per heavy atom. The number of carboxylic acids is 1. The molecule has 0 saturated carbocycles. The Morgan fingerprint density at radius 1 is 0.472 bits per heavy atom. The fourth-order valence-corrected chi connectivity index (χ4v) is 6.60. The molecule has 0 heterocycles. The molecule has 11 heteroatoms. The molecule has 53 heavy (non-hydrogen) atoms. The molecule has 0 bridgehead atoms. The SMILES string of the molecule is CCCCCCCCC(O)C(CCCCCCCC(=O)O)OCCOCCOCCOC(CCCCCCCC(=O)N=O)C(O)CCCCCCCC. The number of unbranched alkanes of at least 4 members (excludes halogenated alkanes) is 18. The predicted octanol–water partition coefficient (Wildman–Crippen LogP) is 9.85. The number of amides is 1. The van der Waals surface area contributed by atoms with E-state index in [1.165, 1.54) is 51.4 Å². The van der Waals surface area contributed by atoms with Crippen molar-refractivity contribution in [3.63, 3.8) is 0 Å². The zero-order valence-electron chi connectivity index (χ0n) is 34.0. The first-order valence-electron chi connectivity index (χ1n) is 21.7. The van der Waals surface area contributed by atoms with Crippen molar-refractivity contribution in [2.24, 2.45) is 5.18 Å². The number of ether oxygens (including phenoxy) is 4. The molecule has 0 aromatic carbocycles. The molecule has 0 radical (unpaired) electrons. The zero-order chi connectivity index (χ0) is 39.0. The molecule has 4 atom stereocenters. The third-order valence-electron chi connectivity index (χ3n) is 9.92. The molecular weight excluding hydrogens is 678 g/mol. The summed E-state index contributed by atoms with van der Waals surface area (Å²) in [4.78, 5) is 32.0. The highest BCUT2D eigenvalue weighted by Crippen LogP contribution is 2.19. The topological polar surface area (TPSA) is 161 Å². The molecule has 4 unspecified atom stereocenters. The van der Waals surface area contributed by atoms with Crippen LogP contribution in [0.4, 0.5) is 0 Å². The van der Waals surface area contributed by atoms with E-state index in [1.54, 1.807) is 0 Å². The van der Waals surface area contributed by atoms with Gasteiger partial charge in [0.05, 0.1) is 64.1 Å². The number of hydrogen-bond donors (Lipinski definition) is 3. The monoisotopic (exact) mass is 760 g/mol. The zero-order valence-corrected chi connectivity index (χ0v) is 34.0. The summed E-state index contributed by atoms with van der Waals surface area (Å²) in [6.45, 7) is 6.94. The van der Waals surface area contributed by atoms with E-state index in [0.29, 0.717) is 52.5 Å². The second kappa shape index (κ2) is 40.2. The summed E-state index contributed by atoms with van der Waals surface area (Å²) in [5, 5.41) is 33.1. The van der Waals surface area contributed by atoms with E-state index >= 15 is 0 Å². The summed E-state index contributed by atoms with van der Waals surface area (Å²) < 4.78 is 23.7. The first-order chi connectivity index (χ1) is 25.8. The summed E-state index contributed by atoms with van der Waals surface area (Å²) >= 11 is 0. The first kappa shape index (κ1) is 51.5. The Hall–Kier alpha value is -1.50. The highest BCUT2D eigenvalue weighted by molar-refractivity contribution is 5.76. The Kier molecular flexibility index (Phi) is 39.0. The molecule has 3 N–H and O–H groups in total. The molecule has 0 saturated heterocycles. The molecule has 0 aliphatic heterocycles. The van der Waals surface area contributed by atoms with Gasteiger partial charge in [-0.15, -0.1) is 4.91 Å². The quantitative estimate of drug-likeness (QED) is 0.0403. The number of carboxylic acid groups (broad SMARTS) is 1. The number of nitroso groups, excluding NO2 is 1. The standard InChI is InChI=1S/C42H81NO10/c1-3-5-7-9-13-19-25-37(44)39(27-21-15-11-17-23-29-41(46)43-49)52-35-33-50-31-32-51-34-36-53-40(28-22-16-12-18-24-30-42(47)48)38(45)26-20-14-10-8-6-4-2/h37-40,44-45H,3-36H2,1-2H3,(H,47,48). The van der Waals surface area contributed by atoms with Crippen LogP contribution in [0.1, 0.15) is 194 Å². The molecule has 0 fully saturated rings. The Bertz CT molecular complexity index is 817. The van der Waals surface area contributed by atoms with E-state index in [9.17, 15) is 24.7 Å². The molecule has 0 rings (SSSR count). The lowest BCUT2D eigenvalue weighted by Gasteiger charge is -2.24. The van der Waals surface area contributed by atoms with Gasteiger partial charge in [-0.3, -0.25) is 9.59 Å². The second-order valence-electron chi connectivity index (χ2n) is 14.8. The molecule has 0 spiro atoms. The number of aliphatic carboxylic acids is 1. The van der Waals surface area contributed by atoms with Crippen LogP contribution in [0.25, 0.3) is 0 Å². The number of carbonyl (C=O) groups excluding carboxylic acids is 1. The van der Waals surface area contributed by atoms with Crippen molar-refractivity contribution in [2.75, 3.05) is 39.6 Å². The van der Waals surface area contributed by atoms with Crippen LogP contribution in [-0.2, 0) is 28.5 Å². The predicted molar refractivity (Wildman–Crippen MR) is 212 cm³/mol. The Labute approximate surface area is 323 Å². The van der Waals surface area contributed by atoms with Gasteiger partial charge in [-0.25, -0.2) is 0 Å². The van der Waals surface area contributed by atoms with Crippen LogP contribution in [0.3, 0.4) is 0 Å². The van der Waals surface area contributed by atoms with Crippen molar-refractivity contribution in [3.05, 3.63) is 4.91 Å². The van der Waals surface area contributed by atoms with Crippen LogP contribution in [0, 0.1) is 4.91 Å². The van der Waals surface area contributed by atoms with Gasteiger partial charge in [0.25, 0.3) is 5.91 Å². The third kappa shape index (κ3) is 35.9. The maximum atomic E-state index is 11.1. The molecule has 0 aliphatic carbocycles. The lowest BCUT2D eigenvalue weighted by molar-refractivity contribution is -0.137. The highest BCUT2D eigenvalue weighted by Gasteiger charge is 2.20. The minimum atomic E-state index is -0.739. The van der Waals surface area contributed by atoms with Gasteiger partial charge in [-0.2, -0.15) is 0 Å². The van der Waals surface area contributed by atoms with E-state index in [-0.39, 0.29) is 25.0 Å². The molecule has 1 amide bonds. The van der Waals surface area contributed by atoms with Crippen LogP contribution in [0.5, 0.6) is 0 Å². The van der Waals surface area contributed by atoms with Gasteiger partial charge < -0.3 is 34.3 Å². The molecule has 0 aromatic rings.